The van der Waals surface area contributed by atoms with Crippen molar-refractivity contribution in [1.82, 2.24) is 25.5 Å². The fraction of sp³-hybridized carbons (Fsp3) is 0.333. The van der Waals surface area contributed by atoms with E-state index in [1.165, 1.54) is 22.9 Å². The van der Waals surface area contributed by atoms with Crippen LogP contribution in [0.5, 0.6) is 5.75 Å². The number of carbonyl (C=O) groups excluding carboxylic acids is 1. The molecule has 3 aromatic rings. The predicted octanol–water partition coefficient (Wildman–Crippen LogP) is 3.35. The Kier molecular flexibility index (Phi) is 5.80. The van der Waals surface area contributed by atoms with Gasteiger partial charge in [-0.15, -0.1) is 5.10 Å². The van der Waals surface area contributed by atoms with Crippen LogP contribution in [0.25, 0.3) is 5.69 Å². The molecule has 1 aromatic heterocycles. The van der Waals surface area contributed by atoms with E-state index >= 15 is 0 Å². The average Bonchev–Trinajstić information content (AvgIpc) is 3.22. The lowest BCUT2D eigenvalue weighted by Crippen LogP contribution is -2.36. The summed E-state index contributed by atoms with van der Waals surface area (Å²) in [7, 11) is 1.62. The van der Waals surface area contributed by atoms with Crippen LogP contribution >= 0.6 is 11.8 Å². The highest BCUT2D eigenvalue weighted by Gasteiger charge is 2.25. The van der Waals surface area contributed by atoms with Crippen LogP contribution in [0.2, 0.25) is 0 Å². The van der Waals surface area contributed by atoms with E-state index in [4.69, 9.17) is 4.74 Å². The number of amides is 1. The van der Waals surface area contributed by atoms with E-state index in [1.54, 1.807) is 11.8 Å². The van der Waals surface area contributed by atoms with Gasteiger partial charge in [0.2, 0.25) is 11.1 Å². The smallest absolute Gasteiger partial charge is 0.233 e. The topological polar surface area (TPSA) is 81.9 Å². The molecule has 1 amide bonds. The van der Waals surface area contributed by atoms with Gasteiger partial charge in [0.1, 0.15) is 5.75 Å². The number of thioether (sulfide) groups is 1. The number of tetrazole rings is 1. The number of aromatic nitrogens is 4. The summed E-state index contributed by atoms with van der Waals surface area (Å²) in [5.74, 6) is 0.748. The number of aryl methyl sites for hydroxylation is 1. The van der Waals surface area contributed by atoms with E-state index in [1.807, 2.05) is 37.3 Å². The van der Waals surface area contributed by atoms with Gasteiger partial charge in [0.25, 0.3) is 0 Å². The quantitative estimate of drug-likeness (QED) is 0.629. The normalized spacial score (nSPS) is 16.7. The van der Waals surface area contributed by atoms with Crippen molar-refractivity contribution in [2.24, 2.45) is 0 Å². The van der Waals surface area contributed by atoms with Crippen LogP contribution in [0.15, 0.2) is 53.7 Å². The zero-order valence-electron chi connectivity index (χ0n) is 16.4. The molecule has 0 bridgehead atoms. The van der Waals surface area contributed by atoms with Gasteiger partial charge in [-0.3, -0.25) is 4.79 Å². The molecular weight excluding hydrogens is 386 g/mol. The van der Waals surface area contributed by atoms with Crippen molar-refractivity contribution < 1.29 is 9.53 Å². The van der Waals surface area contributed by atoms with E-state index < -0.39 is 0 Å². The Bertz CT molecular complexity index is 989. The van der Waals surface area contributed by atoms with E-state index in [2.05, 4.69) is 39.0 Å². The zero-order chi connectivity index (χ0) is 20.2. The van der Waals surface area contributed by atoms with Gasteiger partial charge in [0.05, 0.1) is 24.1 Å². The van der Waals surface area contributed by atoms with E-state index in [0.717, 1.165) is 30.7 Å². The minimum absolute atomic E-state index is 0.0130. The highest BCUT2D eigenvalue weighted by atomic mass is 32.2. The number of benzene rings is 2. The standard InChI is InChI=1S/C21H23N5O2S/c1-14(20(27)22-19-9-5-7-15-6-3-4-8-18(15)19)29-21-23-24-25-26(21)16-10-12-17(28-2)13-11-16/h3-4,6,8,10-14,19H,5,7,9H2,1-2H3,(H,22,27). The second kappa shape index (κ2) is 8.65. The zero-order valence-corrected chi connectivity index (χ0v) is 17.2. The van der Waals surface area contributed by atoms with Crippen LogP contribution in [-0.4, -0.2) is 38.5 Å². The number of carbonyl (C=O) groups is 1. The second-order valence-corrected chi connectivity index (χ2v) is 8.29. The van der Waals surface area contributed by atoms with Gasteiger partial charge in [0.15, 0.2) is 0 Å². The molecule has 2 aromatic carbocycles. The maximum atomic E-state index is 12.9. The predicted molar refractivity (Wildman–Crippen MR) is 111 cm³/mol. The molecular formula is C21H23N5O2S. The van der Waals surface area contributed by atoms with Gasteiger partial charge in [-0.2, -0.15) is 4.68 Å². The van der Waals surface area contributed by atoms with Crippen molar-refractivity contribution in [3.8, 4) is 11.4 Å². The molecule has 2 unspecified atom stereocenters. The summed E-state index contributed by atoms with van der Waals surface area (Å²) in [6.07, 6.45) is 3.12. The first-order valence-electron chi connectivity index (χ1n) is 9.63. The number of nitrogens with zero attached hydrogens (tertiary/aromatic N) is 4. The van der Waals surface area contributed by atoms with Gasteiger partial charge in [-0.05, 0) is 72.0 Å². The average molecular weight is 410 g/mol. The van der Waals surface area contributed by atoms with E-state index in [0.29, 0.717) is 5.16 Å². The summed E-state index contributed by atoms with van der Waals surface area (Å²) in [6, 6.07) is 15.9. The molecule has 0 fully saturated rings. The minimum Gasteiger partial charge on any atom is -0.497 e. The van der Waals surface area contributed by atoms with Crippen LogP contribution in [0.1, 0.15) is 36.9 Å². The molecule has 0 radical (unpaired) electrons. The lowest BCUT2D eigenvalue weighted by Gasteiger charge is -2.27. The Morgan fingerprint density at radius 1 is 1.24 bits per heavy atom. The van der Waals surface area contributed by atoms with Crippen molar-refractivity contribution in [1.29, 1.82) is 0 Å². The number of ether oxygens (including phenoxy) is 1. The second-order valence-electron chi connectivity index (χ2n) is 6.98. The van der Waals surface area contributed by atoms with Gasteiger partial charge >= 0.3 is 0 Å². The Morgan fingerprint density at radius 3 is 2.83 bits per heavy atom. The van der Waals surface area contributed by atoms with Crippen molar-refractivity contribution in [3.63, 3.8) is 0 Å². The summed E-state index contributed by atoms with van der Waals surface area (Å²) in [5.41, 5.74) is 3.37. The van der Waals surface area contributed by atoms with Crippen LogP contribution in [0.4, 0.5) is 0 Å². The number of nitrogens with one attached hydrogen (secondary N) is 1. The third-order valence-corrected chi connectivity index (χ3v) is 6.13. The van der Waals surface area contributed by atoms with Crippen molar-refractivity contribution in [3.05, 3.63) is 59.7 Å². The van der Waals surface area contributed by atoms with Crippen molar-refractivity contribution in [2.45, 2.75) is 42.6 Å². The van der Waals surface area contributed by atoms with Crippen molar-refractivity contribution in [2.75, 3.05) is 7.11 Å². The van der Waals surface area contributed by atoms with Crippen LogP contribution in [0.3, 0.4) is 0 Å². The molecule has 0 saturated heterocycles. The SMILES string of the molecule is COc1ccc(-n2nnnc2SC(C)C(=O)NC2CCCc3ccccc32)cc1. The molecule has 0 saturated carbocycles. The number of methoxy groups -OCH3 is 1. The van der Waals surface area contributed by atoms with Gasteiger partial charge < -0.3 is 10.1 Å². The van der Waals surface area contributed by atoms with Crippen molar-refractivity contribution >= 4 is 17.7 Å². The molecule has 2 atom stereocenters. The molecule has 1 heterocycles. The van der Waals surface area contributed by atoms with Crippen LogP contribution in [-0.2, 0) is 11.2 Å². The molecule has 1 aliphatic rings. The van der Waals surface area contributed by atoms with Crippen LogP contribution in [0, 0.1) is 0 Å². The first-order chi connectivity index (χ1) is 14.2. The highest BCUT2D eigenvalue weighted by Crippen LogP contribution is 2.30. The molecule has 8 heteroatoms. The fourth-order valence-electron chi connectivity index (χ4n) is 3.54. The molecule has 7 nitrogen and oxygen atoms in total. The maximum absolute atomic E-state index is 12.9. The first kappa shape index (κ1) is 19.4. The molecule has 0 spiro atoms. The van der Waals surface area contributed by atoms with Gasteiger partial charge in [-0.25, -0.2) is 0 Å². The summed E-state index contributed by atoms with van der Waals surface area (Å²) in [4.78, 5) is 12.9. The first-order valence-corrected chi connectivity index (χ1v) is 10.5. The molecule has 1 aliphatic carbocycles. The summed E-state index contributed by atoms with van der Waals surface area (Å²) in [5, 5.41) is 15.4. The molecule has 0 aliphatic heterocycles. The summed E-state index contributed by atoms with van der Waals surface area (Å²) < 4.78 is 6.82. The number of hydrogen-bond donors (Lipinski definition) is 1. The lowest BCUT2D eigenvalue weighted by molar-refractivity contribution is -0.121. The Balaban J connectivity index is 1.44. The summed E-state index contributed by atoms with van der Waals surface area (Å²) >= 11 is 1.34. The number of hydrogen-bond acceptors (Lipinski definition) is 6. The number of fused-ring (bicyclic) bond motifs is 1. The fourth-order valence-corrected chi connectivity index (χ4v) is 4.36. The highest BCUT2D eigenvalue weighted by molar-refractivity contribution is 8.00. The third-order valence-electron chi connectivity index (χ3n) is 5.10. The molecule has 150 valence electrons. The van der Waals surface area contributed by atoms with Crippen LogP contribution < -0.4 is 10.1 Å². The lowest BCUT2D eigenvalue weighted by atomic mass is 9.88. The third kappa shape index (κ3) is 4.27. The minimum atomic E-state index is -0.327. The van der Waals surface area contributed by atoms with Gasteiger partial charge in [-0.1, -0.05) is 36.0 Å². The Labute approximate surface area is 173 Å². The Hall–Kier alpha value is -2.87. The molecule has 1 N–H and O–H groups in total. The molecule has 4 rings (SSSR count). The number of rotatable bonds is 6. The van der Waals surface area contributed by atoms with Gasteiger partial charge in [0, 0.05) is 0 Å². The monoisotopic (exact) mass is 409 g/mol. The van der Waals surface area contributed by atoms with E-state index in [-0.39, 0.29) is 17.2 Å². The largest absolute Gasteiger partial charge is 0.497 e. The Morgan fingerprint density at radius 2 is 2.03 bits per heavy atom. The molecule has 29 heavy (non-hydrogen) atoms. The van der Waals surface area contributed by atoms with E-state index in [9.17, 15) is 4.79 Å². The summed E-state index contributed by atoms with van der Waals surface area (Å²) in [6.45, 7) is 1.88. The maximum Gasteiger partial charge on any atom is 0.233 e.